The fourth-order valence-electron chi connectivity index (χ4n) is 4.77. The molecule has 37 heavy (non-hydrogen) atoms. The number of carbonyl (C=O) groups is 1. The molecule has 7 heteroatoms. The summed E-state index contributed by atoms with van der Waals surface area (Å²) in [6.45, 7) is 8.86. The average molecular weight is 520 g/mol. The van der Waals surface area contributed by atoms with Gasteiger partial charge in [0.25, 0.3) is 10.0 Å². The molecule has 4 rings (SSSR count). The largest absolute Gasteiger partial charge is 0.350 e. The van der Waals surface area contributed by atoms with Gasteiger partial charge in [-0.05, 0) is 87.2 Å². The molecule has 3 aromatic rings. The van der Waals surface area contributed by atoms with E-state index in [1.165, 1.54) is 29.1 Å². The van der Waals surface area contributed by atoms with Crippen molar-refractivity contribution in [1.82, 2.24) is 10.2 Å². The van der Waals surface area contributed by atoms with Crippen molar-refractivity contribution in [3.63, 3.8) is 0 Å². The molecule has 0 radical (unpaired) electrons. The zero-order valence-electron chi connectivity index (χ0n) is 22.0. The molecule has 1 aliphatic rings. The third-order valence-electron chi connectivity index (χ3n) is 7.18. The van der Waals surface area contributed by atoms with E-state index in [9.17, 15) is 13.2 Å². The molecule has 1 fully saturated rings. The summed E-state index contributed by atoms with van der Waals surface area (Å²) in [7, 11) is -3.95. The first-order chi connectivity index (χ1) is 17.8. The molecule has 6 nitrogen and oxygen atoms in total. The Bertz CT molecular complexity index is 1330. The van der Waals surface area contributed by atoms with Crippen LogP contribution in [-0.2, 0) is 27.9 Å². The molecule has 0 atom stereocenters. The number of benzene rings is 3. The Morgan fingerprint density at radius 2 is 1.54 bits per heavy atom. The van der Waals surface area contributed by atoms with E-state index in [2.05, 4.69) is 16.3 Å². The van der Waals surface area contributed by atoms with Crippen LogP contribution in [-0.4, -0.2) is 38.9 Å². The summed E-state index contributed by atoms with van der Waals surface area (Å²) in [6.07, 6.45) is 3.74. The summed E-state index contributed by atoms with van der Waals surface area (Å²) in [5.74, 6) is -0.343. The summed E-state index contributed by atoms with van der Waals surface area (Å²) >= 11 is 0. The SMILES string of the molecule is Cc1ccc(S(=O)(=O)N(CC(=O)NCc2ccccc2CN2CCCCC2)c2cccc(C)c2C)cc1. The second kappa shape index (κ2) is 11.9. The van der Waals surface area contributed by atoms with E-state index in [0.29, 0.717) is 12.2 Å². The zero-order valence-corrected chi connectivity index (χ0v) is 22.9. The summed E-state index contributed by atoms with van der Waals surface area (Å²) < 4.78 is 28.7. The first kappa shape index (κ1) is 26.9. The molecule has 1 N–H and O–H groups in total. The third kappa shape index (κ3) is 6.59. The average Bonchev–Trinajstić information content (AvgIpc) is 2.89. The Hall–Kier alpha value is -3.16. The molecular weight excluding hydrogens is 482 g/mol. The Morgan fingerprint density at radius 3 is 2.24 bits per heavy atom. The predicted molar refractivity (Wildman–Crippen MR) is 149 cm³/mol. The quantitative estimate of drug-likeness (QED) is 0.427. The van der Waals surface area contributed by atoms with Crippen molar-refractivity contribution in [1.29, 1.82) is 0 Å². The summed E-state index contributed by atoms with van der Waals surface area (Å²) in [4.78, 5) is 15.8. The molecule has 1 aliphatic heterocycles. The van der Waals surface area contributed by atoms with Crippen LogP contribution in [0.5, 0.6) is 0 Å². The molecular formula is C30H37N3O3S. The Balaban J connectivity index is 1.54. The molecule has 1 heterocycles. The molecule has 1 saturated heterocycles. The van der Waals surface area contributed by atoms with E-state index >= 15 is 0 Å². The lowest BCUT2D eigenvalue weighted by Gasteiger charge is -2.27. The van der Waals surface area contributed by atoms with Gasteiger partial charge in [0.1, 0.15) is 6.54 Å². The van der Waals surface area contributed by atoms with Crippen LogP contribution in [0.3, 0.4) is 0 Å². The maximum absolute atomic E-state index is 13.7. The minimum Gasteiger partial charge on any atom is -0.350 e. The second-order valence-corrected chi connectivity index (χ2v) is 11.8. The van der Waals surface area contributed by atoms with Crippen LogP contribution in [0.4, 0.5) is 5.69 Å². The van der Waals surface area contributed by atoms with E-state index in [0.717, 1.165) is 41.9 Å². The molecule has 0 spiro atoms. The lowest BCUT2D eigenvalue weighted by Crippen LogP contribution is -2.41. The van der Waals surface area contributed by atoms with E-state index in [1.807, 2.05) is 51.1 Å². The number of sulfonamides is 1. The first-order valence-corrected chi connectivity index (χ1v) is 14.4. The molecule has 0 aliphatic carbocycles. The van der Waals surface area contributed by atoms with Crippen molar-refractivity contribution in [3.05, 3.63) is 94.5 Å². The van der Waals surface area contributed by atoms with Crippen LogP contribution < -0.4 is 9.62 Å². The maximum Gasteiger partial charge on any atom is 0.264 e. The smallest absolute Gasteiger partial charge is 0.264 e. The molecule has 0 aromatic heterocycles. The molecule has 196 valence electrons. The van der Waals surface area contributed by atoms with Gasteiger partial charge in [-0.25, -0.2) is 8.42 Å². The summed E-state index contributed by atoms with van der Waals surface area (Å²) in [5, 5.41) is 2.98. The highest BCUT2D eigenvalue weighted by atomic mass is 32.2. The van der Waals surface area contributed by atoms with E-state index in [-0.39, 0.29) is 17.3 Å². The van der Waals surface area contributed by atoms with Crippen molar-refractivity contribution in [2.75, 3.05) is 23.9 Å². The van der Waals surface area contributed by atoms with Gasteiger partial charge in [0, 0.05) is 13.1 Å². The number of rotatable bonds is 9. The molecule has 0 bridgehead atoms. The van der Waals surface area contributed by atoms with Crippen molar-refractivity contribution in [2.24, 2.45) is 0 Å². The van der Waals surface area contributed by atoms with Gasteiger partial charge in [0.2, 0.25) is 5.91 Å². The van der Waals surface area contributed by atoms with Gasteiger partial charge in [-0.15, -0.1) is 0 Å². The number of anilines is 1. The highest BCUT2D eigenvalue weighted by molar-refractivity contribution is 7.92. The maximum atomic E-state index is 13.7. The monoisotopic (exact) mass is 519 g/mol. The number of carbonyl (C=O) groups excluding carboxylic acids is 1. The van der Waals surface area contributed by atoms with Gasteiger partial charge in [-0.2, -0.15) is 0 Å². The second-order valence-electron chi connectivity index (χ2n) is 9.93. The van der Waals surface area contributed by atoms with Gasteiger partial charge in [-0.3, -0.25) is 14.0 Å². The van der Waals surface area contributed by atoms with E-state index in [4.69, 9.17) is 0 Å². The van der Waals surface area contributed by atoms with Crippen LogP contribution in [0, 0.1) is 20.8 Å². The summed E-state index contributed by atoms with van der Waals surface area (Å²) in [5.41, 5.74) is 5.54. The van der Waals surface area contributed by atoms with Crippen molar-refractivity contribution in [3.8, 4) is 0 Å². The third-order valence-corrected chi connectivity index (χ3v) is 8.95. The minimum absolute atomic E-state index is 0.165. The van der Waals surface area contributed by atoms with Gasteiger partial charge in [-0.1, -0.05) is 60.5 Å². The number of amides is 1. The lowest BCUT2D eigenvalue weighted by atomic mass is 10.0. The van der Waals surface area contributed by atoms with Gasteiger partial charge in [0.05, 0.1) is 10.6 Å². The predicted octanol–water partition coefficient (Wildman–Crippen LogP) is 5.11. The molecule has 3 aromatic carbocycles. The normalized spacial score (nSPS) is 14.4. The fourth-order valence-corrected chi connectivity index (χ4v) is 6.24. The van der Waals surface area contributed by atoms with Gasteiger partial charge < -0.3 is 5.32 Å². The summed E-state index contributed by atoms with van der Waals surface area (Å²) in [6, 6.07) is 20.4. The Kier molecular flexibility index (Phi) is 8.67. The van der Waals surface area contributed by atoms with Crippen LogP contribution >= 0.6 is 0 Å². The Labute approximate surface area is 221 Å². The van der Waals surface area contributed by atoms with Gasteiger partial charge >= 0.3 is 0 Å². The van der Waals surface area contributed by atoms with E-state index < -0.39 is 10.0 Å². The number of piperidine rings is 1. The van der Waals surface area contributed by atoms with Crippen LogP contribution in [0.15, 0.2) is 71.6 Å². The number of aryl methyl sites for hydroxylation is 2. The standard InChI is InChI=1S/C30H37N3O3S/c1-23-14-16-28(17-15-23)37(35,36)33(29-13-9-10-24(2)25(29)3)22-30(34)31-20-26-11-5-6-12-27(26)21-32-18-7-4-8-19-32/h5-6,9-17H,4,7-8,18-22H2,1-3H3,(H,31,34). The van der Waals surface area contributed by atoms with Crippen LogP contribution in [0.2, 0.25) is 0 Å². The van der Waals surface area contributed by atoms with Crippen molar-refractivity contribution < 1.29 is 13.2 Å². The highest BCUT2D eigenvalue weighted by Gasteiger charge is 2.28. The fraction of sp³-hybridized carbons (Fsp3) is 0.367. The number of nitrogens with one attached hydrogen (secondary N) is 1. The molecule has 0 saturated carbocycles. The topological polar surface area (TPSA) is 69.7 Å². The van der Waals surface area contributed by atoms with Gasteiger partial charge in [0.15, 0.2) is 0 Å². The van der Waals surface area contributed by atoms with Crippen LogP contribution in [0.1, 0.15) is 47.1 Å². The minimum atomic E-state index is -3.95. The highest BCUT2D eigenvalue weighted by Crippen LogP contribution is 2.28. The lowest BCUT2D eigenvalue weighted by molar-refractivity contribution is -0.119. The number of hydrogen-bond donors (Lipinski definition) is 1. The molecule has 1 amide bonds. The zero-order chi connectivity index (χ0) is 26.4. The molecule has 0 unspecified atom stereocenters. The number of likely N-dealkylation sites (tertiary alicyclic amines) is 1. The Morgan fingerprint density at radius 1 is 0.865 bits per heavy atom. The van der Waals surface area contributed by atoms with Crippen LogP contribution in [0.25, 0.3) is 0 Å². The number of nitrogens with zero attached hydrogens (tertiary/aromatic N) is 2. The van der Waals surface area contributed by atoms with E-state index in [1.54, 1.807) is 30.3 Å². The first-order valence-electron chi connectivity index (χ1n) is 13.0. The number of hydrogen-bond acceptors (Lipinski definition) is 4. The van der Waals surface area contributed by atoms with Crippen molar-refractivity contribution in [2.45, 2.75) is 58.0 Å². The van der Waals surface area contributed by atoms with Crippen molar-refractivity contribution >= 4 is 21.6 Å².